The van der Waals surface area contributed by atoms with Crippen LogP contribution in [-0.2, 0) is 4.79 Å². The number of hydrogen-bond acceptors (Lipinski definition) is 2. The Balaban J connectivity index is 2.00. The fourth-order valence-electron chi connectivity index (χ4n) is 1.82. The molecule has 0 radical (unpaired) electrons. The summed E-state index contributed by atoms with van der Waals surface area (Å²) in [6, 6.07) is 9.53. The maximum absolute atomic E-state index is 12.0. The summed E-state index contributed by atoms with van der Waals surface area (Å²) in [5.41, 5.74) is 3.10. The van der Waals surface area contributed by atoms with Gasteiger partial charge in [0.15, 0.2) is 6.61 Å². The Bertz CT molecular complexity index is 694. The maximum Gasteiger partial charge on any atom is 0.262 e. The van der Waals surface area contributed by atoms with Gasteiger partial charge in [-0.25, -0.2) is 0 Å². The van der Waals surface area contributed by atoms with Crippen LogP contribution in [-0.4, -0.2) is 12.5 Å². The first-order valence-corrected chi connectivity index (χ1v) is 8.89. The molecule has 3 nitrogen and oxygen atoms in total. The van der Waals surface area contributed by atoms with Gasteiger partial charge in [-0.1, -0.05) is 22.0 Å². The summed E-state index contributed by atoms with van der Waals surface area (Å²) in [5.74, 6) is 0.392. The lowest BCUT2D eigenvalue weighted by molar-refractivity contribution is -0.118. The van der Waals surface area contributed by atoms with Gasteiger partial charge < -0.3 is 10.1 Å². The summed E-state index contributed by atoms with van der Waals surface area (Å²) in [6.45, 7) is 3.98. The van der Waals surface area contributed by atoms with Crippen molar-refractivity contribution in [3.8, 4) is 5.75 Å². The zero-order chi connectivity index (χ0) is 16.3. The topological polar surface area (TPSA) is 38.3 Å². The van der Waals surface area contributed by atoms with E-state index in [0.717, 1.165) is 24.7 Å². The van der Waals surface area contributed by atoms with E-state index in [1.165, 1.54) is 5.56 Å². The number of aryl methyl sites for hydroxylation is 2. The predicted octanol–water partition coefficient (Wildman–Crippen LogP) is 5.61. The number of nitrogens with one attached hydrogen (secondary N) is 1. The lowest BCUT2D eigenvalue weighted by Crippen LogP contribution is -2.20. The minimum absolute atomic E-state index is 0.0637. The largest absolute Gasteiger partial charge is 0.481 e. The Morgan fingerprint density at radius 3 is 2.27 bits per heavy atom. The minimum atomic E-state index is -0.204. The quantitative estimate of drug-likeness (QED) is 0.604. The van der Waals surface area contributed by atoms with E-state index in [9.17, 15) is 4.79 Å². The summed E-state index contributed by atoms with van der Waals surface area (Å²) in [5, 5.41) is 2.83. The molecule has 2 rings (SSSR count). The number of anilines is 1. The number of benzene rings is 2. The maximum atomic E-state index is 12.0. The highest BCUT2D eigenvalue weighted by Gasteiger charge is 2.11. The lowest BCUT2D eigenvalue weighted by Gasteiger charge is -2.11. The molecule has 116 valence electrons. The normalized spacial score (nSPS) is 10.4. The summed E-state index contributed by atoms with van der Waals surface area (Å²) in [6.07, 6.45) is 0. The van der Waals surface area contributed by atoms with Gasteiger partial charge in [-0.05, 0) is 81.1 Å². The van der Waals surface area contributed by atoms with Gasteiger partial charge in [-0.3, -0.25) is 4.79 Å². The number of ether oxygens (including phenoxy) is 1. The Hall–Kier alpha value is -0.850. The third-order valence-corrected chi connectivity index (χ3v) is 4.74. The highest BCUT2D eigenvalue weighted by atomic mass is 79.9. The van der Waals surface area contributed by atoms with Crippen LogP contribution in [0.5, 0.6) is 5.75 Å². The monoisotopic (exact) mass is 489 g/mol. The van der Waals surface area contributed by atoms with Crippen molar-refractivity contribution in [2.24, 2.45) is 0 Å². The van der Waals surface area contributed by atoms with Crippen molar-refractivity contribution in [2.75, 3.05) is 11.9 Å². The van der Waals surface area contributed by atoms with E-state index in [4.69, 9.17) is 4.74 Å². The van der Waals surface area contributed by atoms with Crippen molar-refractivity contribution >= 4 is 59.4 Å². The van der Waals surface area contributed by atoms with E-state index in [0.29, 0.717) is 5.75 Å². The first-order chi connectivity index (χ1) is 10.4. The molecule has 0 aliphatic rings. The van der Waals surface area contributed by atoms with E-state index in [1.54, 1.807) is 0 Å². The molecule has 0 aliphatic heterocycles. The van der Waals surface area contributed by atoms with Crippen LogP contribution in [0, 0.1) is 13.8 Å². The smallest absolute Gasteiger partial charge is 0.262 e. The van der Waals surface area contributed by atoms with Gasteiger partial charge in [0.2, 0.25) is 0 Å². The summed E-state index contributed by atoms with van der Waals surface area (Å²) in [4.78, 5) is 12.0. The number of rotatable bonds is 4. The molecule has 0 atom stereocenters. The molecule has 1 N–H and O–H groups in total. The van der Waals surface area contributed by atoms with E-state index >= 15 is 0 Å². The van der Waals surface area contributed by atoms with Crippen LogP contribution in [0.1, 0.15) is 11.1 Å². The molecule has 0 bridgehead atoms. The molecule has 0 saturated heterocycles. The molecule has 6 heteroatoms. The van der Waals surface area contributed by atoms with Gasteiger partial charge in [0.05, 0.1) is 8.95 Å². The third-order valence-electron chi connectivity index (χ3n) is 3.10. The molecule has 2 aromatic rings. The number of amides is 1. The number of carbonyl (C=O) groups is 1. The second-order valence-electron chi connectivity index (χ2n) is 4.83. The average Bonchev–Trinajstić information content (AvgIpc) is 2.41. The summed E-state index contributed by atoms with van der Waals surface area (Å²) >= 11 is 10.2. The molecule has 1 amide bonds. The van der Waals surface area contributed by atoms with E-state index in [1.807, 2.05) is 44.2 Å². The fourth-order valence-corrected chi connectivity index (χ4v) is 4.31. The summed E-state index contributed by atoms with van der Waals surface area (Å²) < 4.78 is 8.04. The zero-order valence-corrected chi connectivity index (χ0v) is 16.8. The standard InChI is InChI=1S/C16H14Br3NO2/c1-9-3-4-12(5-10(9)2)20-15(21)8-22-16-13(18)6-11(17)7-14(16)19/h3-7H,8H2,1-2H3,(H,20,21). The molecule has 0 aromatic heterocycles. The zero-order valence-electron chi connectivity index (χ0n) is 12.0. The van der Waals surface area contributed by atoms with Gasteiger partial charge in [0.1, 0.15) is 5.75 Å². The summed E-state index contributed by atoms with van der Waals surface area (Å²) in [7, 11) is 0. The Morgan fingerprint density at radius 2 is 1.68 bits per heavy atom. The van der Waals surface area contributed by atoms with Crippen LogP contribution < -0.4 is 10.1 Å². The fraction of sp³-hybridized carbons (Fsp3) is 0.188. The van der Waals surface area contributed by atoms with Crippen LogP contribution in [0.2, 0.25) is 0 Å². The number of carbonyl (C=O) groups excluding carboxylic acids is 1. The molecule has 0 heterocycles. The highest BCUT2D eigenvalue weighted by molar-refractivity contribution is 9.11. The van der Waals surface area contributed by atoms with Crippen molar-refractivity contribution < 1.29 is 9.53 Å². The minimum Gasteiger partial charge on any atom is -0.481 e. The molecule has 0 unspecified atom stereocenters. The van der Waals surface area contributed by atoms with Crippen LogP contribution in [0.25, 0.3) is 0 Å². The molecule has 0 spiro atoms. The van der Waals surface area contributed by atoms with Crippen molar-refractivity contribution in [3.63, 3.8) is 0 Å². The lowest BCUT2D eigenvalue weighted by atomic mass is 10.1. The molecular weight excluding hydrogens is 478 g/mol. The van der Waals surface area contributed by atoms with Gasteiger partial charge >= 0.3 is 0 Å². The Kier molecular flexibility index (Phi) is 6.06. The second-order valence-corrected chi connectivity index (χ2v) is 7.46. The van der Waals surface area contributed by atoms with Gasteiger partial charge in [-0.2, -0.15) is 0 Å². The first kappa shape index (κ1) is 17.5. The van der Waals surface area contributed by atoms with Gasteiger partial charge in [-0.15, -0.1) is 0 Å². The highest BCUT2D eigenvalue weighted by Crippen LogP contribution is 2.36. The van der Waals surface area contributed by atoms with Crippen LogP contribution in [0.4, 0.5) is 5.69 Å². The van der Waals surface area contributed by atoms with Crippen molar-refractivity contribution in [2.45, 2.75) is 13.8 Å². The second kappa shape index (κ2) is 7.62. The van der Waals surface area contributed by atoms with Crippen LogP contribution >= 0.6 is 47.8 Å². The molecule has 2 aromatic carbocycles. The Morgan fingerprint density at radius 1 is 1.05 bits per heavy atom. The van der Waals surface area contributed by atoms with E-state index in [-0.39, 0.29) is 12.5 Å². The predicted molar refractivity (Wildman–Crippen MR) is 99.6 cm³/mol. The van der Waals surface area contributed by atoms with Gasteiger partial charge in [0.25, 0.3) is 5.91 Å². The molecule has 22 heavy (non-hydrogen) atoms. The molecule has 0 saturated carbocycles. The van der Waals surface area contributed by atoms with Crippen molar-refractivity contribution in [1.82, 2.24) is 0 Å². The molecule has 0 aliphatic carbocycles. The van der Waals surface area contributed by atoms with E-state index < -0.39 is 0 Å². The van der Waals surface area contributed by atoms with Crippen molar-refractivity contribution in [3.05, 3.63) is 54.9 Å². The van der Waals surface area contributed by atoms with E-state index in [2.05, 4.69) is 53.1 Å². The molecule has 0 fully saturated rings. The molecular formula is C16H14Br3NO2. The average molecular weight is 492 g/mol. The SMILES string of the molecule is Cc1ccc(NC(=O)COc2c(Br)cc(Br)cc2Br)cc1C. The van der Waals surface area contributed by atoms with Crippen molar-refractivity contribution in [1.29, 1.82) is 0 Å². The number of halogens is 3. The van der Waals surface area contributed by atoms with Crippen LogP contribution in [0.3, 0.4) is 0 Å². The third kappa shape index (κ3) is 4.57. The number of hydrogen-bond donors (Lipinski definition) is 1. The van der Waals surface area contributed by atoms with Crippen LogP contribution in [0.15, 0.2) is 43.7 Å². The Labute approximate surface area is 154 Å². The first-order valence-electron chi connectivity index (χ1n) is 6.51. The van der Waals surface area contributed by atoms with Gasteiger partial charge in [0, 0.05) is 10.2 Å².